The molecule has 0 bridgehead atoms. The average molecular weight is 212 g/mol. The fourth-order valence-electron chi connectivity index (χ4n) is 0.895. The van der Waals surface area contributed by atoms with Crippen molar-refractivity contribution >= 4 is 22.6 Å². The molecule has 1 N–H and O–H groups in total. The van der Waals surface area contributed by atoms with Gasteiger partial charge in [-0.15, -0.1) is 0 Å². The van der Waals surface area contributed by atoms with Gasteiger partial charge >= 0.3 is 0 Å². The van der Waals surface area contributed by atoms with E-state index >= 15 is 0 Å². The molecule has 1 saturated carbocycles. The number of hydrogen-bond donors (Lipinski definition) is 1. The first-order chi connectivity index (χ1) is 3.30. The van der Waals surface area contributed by atoms with E-state index in [1.54, 1.807) is 0 Å². The van der Waals surface area contributed by atoms with Crippen molar-refractivity contribution < 1.29 is 5.11 Å². The van der Waals surface area contributed by atoms with E-state index in [1.165, 1.54) is 12.8 Å². The van der Waals surface area contributed by atoms with Crippen molar-refractivity contribution in [2.45, 2.75) is 29.3 Å². The Hall–Kier alpha value is 0.690. The molecule has 2 atom stereocenters. The van der Waals surface area contributed by atoms with Crippen LogP contribution in [0.15, 0.2) is 0 Å². The molecular formula is C5H9IO. The molecule has 42 valence electrons. The Balaban J connectivity index is 2.33. The predicted molar refractivity (Wildman–Crippen MR) is 37.7 cm³/mol. The minimum Gasteiger partial charge on any atom is -0.392 e. The number of hydrogen-bond acceptors (Lipinski definition) is 1. The van der Waals surface area contributed by atoms with Crippen molar-refractivity contribution in [1.29, 1.82) is 0 Å². The monoisotopic (exact) mass is 212 g/mol. The first-order valence-corrected chi connectivity index (χ1v) is 3.87. The van der Waals surface area contributed by atoms with Crippen LogP contribution in [0, 0.1) is 0 Å². The summed E-state index contributed by atoms with van der Waals surface area (Å²) in [5.41, 5.74) is 0. The summed E-state index contributed by atoms with van der Waals surface area (Å²) < 4.78 is 0.539. The molecule has 0 heterocycles. The summed E-state index contributed by atoms with van der Waals surface area (Å²) >= 11 is 2.31. The molecule has 1 fully saturated rings. The van der Waals surface area contributed by atoms with E-state index in [0.717, 1.165) is 6.42 Å². The second-order valence-electron chi connectivity index (χ2n) is 2.01. The summed E-state index contributed by atoms with van der Waals surface area (Å²) in [4.78, 5) is 0. The van der Waals surface area contributed by atoms with Crippen LogP contribution in [0.4, 0.5) is 0 Å². The van der Waals surface area contributed by atoms with Crippen LogP contribution in [0.3, 0.4) is 0 Å². The van der Waals surface area contributed by atoms with Crippen molar-refractivity contribution in [3.05, 3.63) is 0 Å². The van der Waals surface area contributed by atoms with Crippen LogP contribution >= 0.6 is 22.6 Å². The van der Waals surface area contributed by atoms with E-state index < -0.39 is 0 Å². The maximum absolute atomic E-state index is 8.99. The smallest absolute Gasteiger partial charge is 0.0657 e. The normalized spacial score (nSPS) is 42.0. The third-order valence-corrected chi connectivity index (χ3v) is 2.85. The van der Waals surface area contributed by atoms with Crippen LogP contribution in [-0.4, -0.2) is 15.1 Å². The van der Waals surface area contributed by atoms with Crippen molar-refractivity contribution in [3.8, 4) is 0 Å². The molecule has 0 aromatic heterocycles. The fourth-order valence-corrected chi connectivity index (χ4v) is 1.70. The first kappa shape index (κ1) is 5.82. The van der Waals surface area contributed by atoms with Crippen LogP contribution in [-0.2, 0) is 0 Å². The largest absolute Gasteiger partial charge is 0.392 e. The highest BCUT2D eigenvalue weighted by atomic mass is 127. The lowest BCUT2D eigenvalue weighted by Crippen LogP contribution is -2.10. The van der Waals surface area contributed by atoms with Gasteiger partial charge in [-0.3, -0.25) is 0 Å². The van der Waals surface area contributed by atoms with Gasteiger partial charge in [-0.1, -0.05) is 22.6 Å². The van der Waals surface area contributed by atoms with Crippen LogP contribution < -0.4 is 0 Å². The lowest BCUT2D eigenvalue weighted by atomic mass is 10.3. The zero-order valence-electron chi connectivity index (χ0n) is 4.10. The van der Waals surface area contributed by atoms with Gasteiger partial charge in [0.2, 0.25) is 0 Å². The summed E-state index contributed by atoms with van der Waals surface area (Å²) in [7, 11) is 0. The highest BCUT2D eigenvalue weighted by Gasteiger charge is 2.21. The Labute approximate surface area is 57.2 Å². The van der Waals surface area contributed by atoms with E-state index in [4.69, 9.17) is 5.11 Å². The molecule has 2 heteroatoms. The molecule has 0 aromatic rings. The van der Waals surface area contributed by atoms with Gasteiger partial charge in [-0.05, 0) is 19.3 Å². The predicted octanol–water partition coefficient (Wildman–Crippen LogP) is 1.33. The minimum absolute atomic E-state index is 0.000556. The van der Waals surface area contributed by atoms with Crippen molar-refractivity contribution in [2.24, 2.45) is 0 Å². The van der Waals surface area contributed by atoms with Crippen molar-refractivity contribution in [1.82, 2.24) is 0 Å². The molecular weight excluding hydrogens is 203 g/mol. The van der Waals surface area contributed by atoms with Crippen LogP contribution in [0.25, 0.3) is 0 Å². The maximum atomic E-state index is 8.99. The lowest BCUT2D eigenvalue weighted by molar-refractivity contribution is 0.192. The summed E-state index contributed by atoms with van der Waals surface area (Å²) in [6.45, 7) is 0. The number of alkyl halides is 1. The molecule has 7 heavy (non-hydrogen) atoms. The lowest BCUT2D eigenvalue weighted by Gasteiger charge is -2.02. The van der Waals surface area contributed by atoms with Gasteiger partial charge in [-0.25, -0.2) is 0 Å². The first-order valence-electron chi connectivity index (χ1n) is 2.63. The SMILES string of the molecule is O[C@@H]1CCC[C@H]1I. The Bertz CT molecular complexity index is 57.1. The summed E-state index contributed by atoms with van der Waals surface area (Å²) in [5.74, 6) is 0. The maximum Gasteiger partial charge on any atom is 0.0657 e. The number of halogens is 1. The van der Waals surface area contributed by atoms with Gasteiger partial charge < -0.3 is 5.11 Å². The van der Waals surface area contributed by atoms with E-state index in [2.05, 4.69) is 22.6 Å². The van der Waals surface area contributed by atoms with Gasteiger partial charge in [0.1, 0.15) is 0 Å². The zero-order chi connectivity index (χ0) is 5.28. The molecule has 0 radical (unpaired) electrons. The molecule has 0 amide bonds. The minimum atomic E-state index is 0.000556. The second-order valence-corrected chi connectivity index (χ2v) is 3.61. The zero-order valence-corrected chi connectivity index (χ0v) is 6.26. The van der Waals surface area contributed by atoms with Gasteiger partial charge in [0.25, 0.3) is 0 Å². The van der Waals surface area contributed by atoms with Crippen molar-refractivity contribution in [3.63, 3.8) is 0 Å². The van der Waals surface area contributed by atoms with E-state index in [1.807, 2.05) is 0 Å². The standard InChI is InChI=1S/C5H9IO/c6-4-2-1-3-5(4)7/h4-5,7H,1-3H2/t4-,5-/m1/s1. The molecule has 0 spiro atoms. The van der Waals surface area contributed by atoms with Gasteiger partial charge in [0.15, 0.2) is 0 Å². The third kappa shape index (κ3) is 1.29. The van der Waals surface area contributed by atoms with Gasteiger partial charge in [-0.2, -0.15) is 0 Å². The van der Waals surface area contributed by atoms with Crippen LogP contribution in [0.1, 0.15) is 19.3 Å². The number of aliphatic hydroxyl groups is 1. The molecule has 1 rings (SSSR count). The van der Waals surface area contributed by atoms with E-state index in [-0.39, 0.29) is 6.10 Å². The average Bonchev–Trinajstić information content (AvgIpc) is 1.91. The highest BCUT2D eigenvalue weighted by Crippen LogP contribution is 2.25. The Morgan fingerprint density at radius 3 is 2.29 bits per heavy atom. The van der Waals surface area contributed by atoms with Gasteiger partial charge in [0.05, 0.1) is 6.10 Å². The molecule has 0 saturated heterocycles. The van der Waals surface area contributed by atoms with Crippen LogP contribution in [0.2, 0.25) is 0 Å². The highest BCUT2D eigenvalue weighted by molar-refractivity contribution is 14.1. The van der Waals surface area contributed by atoms with Crippen molar-refractivity contribution in [2.75, 3.05) is 0 Å². The molecule has 1 aliphatic rings. The molecule has 0 aromatic carbocycles. The Morgan fingerprint density at radius 1 is 1.43 bits per heavy atom. The fraction of sp³-hybridized carbons (Fsp3) is 1.00. The summed E-state index contributed by atoms with van der Waals surface area (Å²) in [6.07, 6.45) is 3.45. The number of aliphatic hydroxyl groups excluding tert-OH is 1. The second kappa shape index (κ2) is 2.31. The summed E-state index contributed by atoms with van der Waals surface area (Å²) in [6, 6.07) is 0. The molecule has 0 unspecified atom stereocenters. The van der Waals surface area contributed by atoms with E-state index in [9.17, 15) is 0 Å². The quantitative estimate of drug-likeness (QED) is 0.474. The molecule has 1 nitrogen and oxygen atoms in total. The van der Waals surface area contributed by atoms with Gasteiger partial charge in [0, 0.05) is 3.92 Å². The number of rotatable bonds is 0. The Morgan fingerprint density at radius 2 is 2.14 bits per heavy atom. The van der Waals surface area contributed by atoms with E-state index in [0.29, 0.717) is 3.92 Å². The molecule has 1 aliphatic carbocycles. The third-order valence-electron chi connectivity index (χ3n) is 1.40. The topological polar surface area (TPSA) is 20.2 Å². The summed E-state index contributed by atoms with van der Waals surface area (Å²) in [5, 5.41) is 8.99. The Kier molecular flexibility index (Phi) is 1.92. The molecule has 0 aliphatic heterocycles. The van der Waals surface area contributed by atoms with Crippen LogP contribution in [0.5, 0.6) is 0 Å².